The first kappa shape index (κ1) is 5.85. The van der Waals surface area contributed by atoms with Crippen LogP contribution in [0.2, 0.25) is 0 Å². The molecule has 4 heteroatoms. The Hall–Kier alpha value is -0.900. The van der Waals surface area contributed by atoms with Crippen LogP contribution in [0.4, 0.5) is 0 Å². The third kappa shape index (κ3) is 0.724. The van der Waals surface area contributed by atoms with Gasteiger partial charge in [0, 0.05) is 24.8 Å². The molecule has 2 aromatic rings. The number of hydrogen-bond donors (Lipinski definition) is 0. The van der Waals surface area contributed by atoms with E-state index < -0.39 is 0 Å². The summed E-state index contributed by atoms with van der Waals surface area (Å²) in [6.45, 7) is 0. The molecule has 3 nitrogen and oxygen atoms in total. The number of rotatable bonds is 0. The Morgan fingerprint density at radius 2 is 1.90 bits per heavy atom. The smallest absolute Gasteiger partial charge is 0.170 e. The summed E-state index contributed by atoms with van der Waals surface area (Å²) in [5.74, 6) is 0. The van der Waals surface area contributed by atoms with Crippen molar-refractivity contribution in [1.29, 1.82) is 0 Å². The Kier molecular flexibility index (Phi) is 1.20. The first-order valence-electron chi connectivity index (χ1n) is 2.81. The largest absolute Gasteiger partial charge is 0.303 e. The monoisotopic (exact) mass is 197 g/mol. The molecule has 0 unspecified atom stereocenters. The van der Waals surface area contributed by atoms with Crippen molar-refractivity contribution in [3.8, 4) is 0 Å². The summed E-state index contributed by atoms with van der Waals surface area (Å²) in [6.07, 6.45) is 7.19. The molecule has 0 saturated heterocycles. The Morgan fingerprint density at radius 3 is 2.60 bits per heavy atom. The van der Waals surface area contributed by atoms with Crippen molar-refractivity contribution in [2.45, 2.75) is 0 Å². The zero-order chi connectivity index (χ0) is 6.97. The van der Waals surface area contributed by atoms with E-state index in [1.165, 1.54) is 0 Å². The summed E-state index contributed by atoms with van der Waals surface area (Å²) in [5.41, 5.74) is 0.850. The molecule has 2 aromatic heterocycles. The molecule has 0 radical (unpaired) electrons. The van der Waals surface area contributed by atoms with E-state index in [1.807, 2.05) is 16.8 Å². The summed E-state index contributed by atoms with van der Waals surface area (Å²) in [5, 5.41) is 0. The van der Waals surface area contributed by atoms with E-state index in [0.717, 1.165) is 10.3 Å². The predicted octanol–water partition coefficient (Wildman–Crippen LogP) is 1.49. The quantitative estimate of drug-likeness (QED) is 0.641. The van der Waals surface area contributed by atoms with E-state index in [4.69, 9.17) is 0 Å². The lowest BCUT2D eigenvalue weighted by Gasteiger charge is -1.91. The molecule has 0 amide bonds. The SMILES string of the molecule is Brc1nccn2ccnc12. The third-order valence-electron chi connectivity index (χ3n) is 1.27. The van der Waals surface area contributed by atoms with Gasteiger partial charge in [0.2, 0.25) is 0 Å². The predicted molar refractivity (Wildman–Crippen MR) is 40.7 cm³/mol. The topological polar surface area (TPSA) is 30.2 Å². The molecule has 0 fully saturated rings. The van der Waals surface area contributed by atoms with Crippen LogP contribution in [0.1, 0.15) is 0 Å². The van der Waals surface area contributed by atoms with E-state index in [2.05, 4.69) is 25.9 Å². The standard InChI is InChI=1S/C6H4BrN3/c7-5-6-9-2-4-10(6)3-1-8-5/h1-4H. The molecule has 10 heavy (non-hydrogen) atoms. The maximum atomic E-state index is 4.07. The minimum atomic E-state index is 0.778. The van der Waals surface area contributed by atoms with Crippen LogP contribution in [0.15, 0.2) is 29.4 Å². The van der Waals surface area contributed by atoms with Gasteiger partial charge in [0.25, 0.3) is 0 Å². The lowest BCUT2D eigenvalue weighted by molar-refractivity contribution is 1.11. The van der Waals surface area contributed by atoms with Gasteiger partial charge in [0.1, 0.15) is 4.60 Å². The van der Waals surface area contributed by atoms with E-state index in [1.54, 1.807) is 12.4 Å². The minimum Gasteiger partial charge on any atom is -0.303 e. The highest BCUT2D eigenvalue weighted by Crippen LogP contribution is 2.10. The van der Waals surface area contributed by atoms with Gasteiger partial charge in [0.05, 0.1) is 0 Å². The fraction of sp³-hybridized carbons (Fsp3) is 0. The number of imidazole rings is 1. The van der Waals surface area contributed by atoms with Crippen LogP contribution in [-0.4, -0.2) is 14.4 Å². The van der Waals surface area contributed by atoms with Gasteiger partial charge in [-0.1, -0.05) is 0 Å². The Bertz CT molecular complexity index is 355. The average molecular weight is 198 g/mol. The molecule has 0 bridgehead atoms. The summed E-state index contributed by atoms with van der Waals surface area (Å²) < 4.78 is 2.68. The first-order chi connectivity index (χ1) is 4.88. The van der Waals surface area contributed by atoms with Gasteiger partial charge in [-0.25, -0.2) is 9.97 Å². The van der Waals surface area contributed by atoms with E-state index in [9.17, 15) is 0 Å². The zero-order valence-corrected chi connectivity index (χ0v) is 6.62. The van der Waals surface area contributed by atoms with Gasteiger partial charge in [0.15, 0.2) is 5.65 Å². The number of hydrogen-bond acceptors (Lipinski definition) is 2. The molecule has 2 heterocycles. The maximum absolute atomic E-state index is 4.07. The molecule has 50 valence electrons. The molecule has 0 aliphatic heterocycles. The highest BCUT2D eigenvalue weighted by molar-refractivity contribution is 9.10. The minimum absolute atomic E-state index is 0.778. The van der Waals surface area contributed by atoms with Gasteiger partial charge in [-0.2, -0.15) is 0 Å². The molecule has 2 rings (SSSR count). The first-order valence-corrected chi connectivity index (χ1v) is 3.60. The van der Waals surface area contributed by atoms with Gasteiger partial charge in [-0.3, -0.25) is 0 Å². The van der Waals surface area contributed by atoms with Crippen molar-refractivity contribution in [3.05, 3.63) is 29.4 Å². The molecule has 0 aromatic carbocycles. The Labute approximate surface area is 65.9 Å². The second-order valence-corrected chi connectivity index (χ2v) is 2.63. The second kappa shape index (κ2) is 2.05. The fourth-order valence-electron chi connectivity index (χ4n) is 0.821. The number of aromatic nitrogens is 3. The van der Waals surface area contributed by atoms with Crippen LogP contribution in [0.5, 0.6) is 0 Å². The van der Waals surface area contributed by atoms with E-state index in [-0.39, 0.29) is 0 Å². The summed E-state index contributed by atoms with van der Waals surface area (Å²) in [6, 6.07) is 0. The maximum Gasteiger partial charge on any atom is 0.170 e. The molecular formula is C6H4BrN3. The van der Waals surface area contributed by atoms with E-state index >= 15 is 0 Å². The highest BCUT2D eigenvalue weighted by Gasteiger charge is 1.96. The molecule has 0 N–H and O–H groups in total. The molecule has 0 atom stereocenters. The van der Waals surface area contributed by atoms with Crippen LogP contribution in [0, 0.1) is 0 Å². The van der Waals surface area contributed by atoms with Crippen molar-refractivity contribution in [2.24, 2.45) is 0 Å². The van der Waals surface area contributed by atoms with Crippen LogP contribution in [0.3, 0.4) is 0 Å². The second-order valence-electron chi connectivity index (χ2n) is 1.88. The van der Waals surface area contributed by atoms with Crippen molar-refractivity contribution in [2.75, 3.05) is 0 Å². The lowest BCUT2D eigenvalue weighted by atomic mass is 10.7. The van der Waals surface area contributed by atoms with Crippen molar-refractivity contribution in [3.63, 3.8) is 0 Å². The average Bonchev–Trinajstić information content (AvgIpc) is 2.36. The lowest BCUT2D eigenvalue weighted by Crippen LogP contribution is -1.85. The van der Waals surface area contributed by atoms with Gasteiger partial charge in [-0.15, -0.1) is 0 Å². The number of nitrogens with zero attached hydrogens (tertiary/aromatic N) is 3. The fourth-order valence-corrected chi connectivity index (χ4v) is 1.25. The van der Waals surface area contributed by atoms with Crippen LogP contribution in [-0.2, 0) is 0 Å². The van der Waals surface area contributed by atoms with Crippen molar-refractivity contribution >= 4 is 21.6 Å². The molecular weight excluding hydrogens is 194 g/mol. The Morgan fingerprint density at radius 1 is 1.20 bits per heavy atom. The van der Waals surface area contributed by atoms with Gasteiger partial charge < -0.3 is 4.40 Å². The van der Waals surface area contributed by atoms with E-state index in [0.29, 0.717) is 0 Å². The summed E-state index contributed by atoms with van der Waals surface area (Å²) >= 11 is 3.28. The van der Waals surface area contributed by atoms with Crippen LogP contribution >= 0.6 is 15.9 Å². The summed E-state index contributed by atoms with van der Waals surface area (Å²) in [7, 11) is 0. The van der Waals surface area contributed by atoms with Crippen LogP contribution < -0.4 is 0 Å². The Balaban J connectivity index is 2.95. The van der Waals surface area contributed by atoms with Crippen molar-refractivity contribution in [1.82, 2.24) is 14.4 Å². The normalized spacial score (nSPS) is 10.5. The molecule has 0 aliphatic carbocycles. The molecule has 0 aliphatic rings. The van der Waals surface area contributed by atoms with Crippen LogP contribution in [0.25, 0.3) is 5.65 Å². The van der Waals surface area contributed by atoms with Gasteiger partial charge >= 0.3 is 0 Å². The molecule has 0 saturated carbocycles. The van der Waals surface area contributed by atoms with Crippen molar-refractivity contribution < 1.29 is 0 Å². The zero-order valence-electron chi connectivity index (χ0n) is 5.03. The number of fused-ring (bicyclic) bond motifs is 1. The van der Waals surface area contributed by atoms with Gasteiger partial charge in [-0.05, 0) is 15.9 Å². The number of halogens is 1. The molecule has 0 spiro atoms. The third-order valence-corrected chi connectivity index (χ3v) is 1.83. The highest BCUT2D eigenvalue weighted by atomic mass is 79.9. The summed E-state index contributed by atoms with van der Waals surface area (Å²) in [4.78, 5) is 8.08.